The summed E-state index contributed by atoms with van der Waals surface area (Å²) >= 11 is 0. The van der Waals surface area contributed by atoms with Gasteiger partial charge in [-0.25, -0.2) is 0 Å². The second kappa shape index (κ2) is 5.40. The monoisotopic (exact) mass is 243 g/mol. The molecule has 18 heavy (non-hydrogen) atoms. The second-order valence-electron chi connectivity index (χ2n) is 3.96. The van der Waals surface area contributed by atoms with Crippen molar-refractivity contribution in [2.75, 3.05) is 5.43 Å². The molecule has 0 saturated carbocycles. The number of hydrogen-bond donors (Lipinski definition) is 2. The van der Waals surface area contributed by atoms with Crippen LogP contribution in [0.4, 0.5) is 0 Å². The molecule has 1 heterocycles. The molecule has 94 valence electrons. The average Bonchev–Trinajstić information content (AvgIpc) is 2.72. The van der Waals surface area contributed by atoms with Crippen LogP contribution in [-0.2, 0) is 0 Å². The fourth-order valence-electron chi connectivity index (χ4n) is 1.71. The fourth-order valence-corrected chi connectivity index (χ4v) is 1.71. The van der Waals surface area contributed by atoms with Crippen molar-refractivity contribution in [1.82, 2.24) is 9.89 Å². The third-order valence-electron chi connectivity index (χ3n) is 2.68. The van der Waals surface area contributed by atoms with Gasteiger partial charge in [-0.2, -0.15) is 4.79 Å². The van der Waals surface area contributed by atoms with Crippen LogP contribution < -0.4 is 11.0 Å². The van der Waals surface area contributed by atoms with Crippen LogP contribution in [0.3, 0.4) is 0 Å². The normalized spacial score (nSPS) is 12.4. The van der Waals surface area contributed by atoms with Gasteiger partial charge in [0.2, 0.25) is 0 Å². The molecule has 0 spiro atoms. The molecule has 0 aliphatic rings. The topological polar surface area (TPSA) is 49.8 Å². The summed E-state index contributed by atoms with van der Waals surface area (Å²) in [5, 5.41) is 3.70. The van der Waals surface area contributed by atoms with E-state index in [0.717, 1.165) is 17.6 Å². The lowest BCUT2D eigenvalue weighted by molar-refractivity contribution is 0.771. The van der Waals surface area contributed by atoms with Crippen LogP contribution in [0.25, 0.3) is 10.9 Å². The van der Waals surface area contributed by atoms with Crippen molar-refractivity contribution in [3.63, 3.8) is 0 Å². The van der Waals surface area contributed by atoms with Crippen LogP contribution in [0.5, 0.6) is 0 Å². The fraction of sp³-hybridized carbons (Fsp3) is 0.214. The number of fused-ring (bicyclic) bond motifs is 1. The first-order chi connectivity index (χ1) is 8.76. The van der Waals surface area contributed by atoms with E-state index in [1.165, 1.54) is 4.79 Å². The molecule has 1 aromatic carbocycles. The standard InChI is InChI=1S/C14H17N3O/c1-3-5-8-11(4-2)15-17-14(18)12-9-6-7-10-13(12)16-17/h4-10,15-16H,3H2,1-2H3/b8-5-,11-4+. The van der Waals surface area contributed by atoms with Crippen LogP contribution in [0.2, 0.25) is 0 Å². The van der Waals surface area contributed by atoms with E-state index in [4.69, 9.17) is 0 Å². The lowest BCUT2D eigenvalue weighted by Gasteiger charge is -2.05. The SMILES string of the molecule is C/C=C(\C=C/CC)Nn1[nH]c2ccccc2c1=O. The highest BCUT2D eigenvalue weighted by atomic mass is 16.1. The van der Waals surface area contributed by atoms with E-state index >= 15 is 0 Å². The highest BCUT2D eigenvalue weighted by Gasteiger charge is 2.05. The molecule has 0 aliphatic heterocycles. The summed E-state index contributed by atoms with van der Waals surface area (Å²) in [5.41, 5.74) is 4.67. The molecule has 4 nitrogen and oxygen atoms in total. The minimum absolute atomic E-state index is 0.0742. The molecule has 0 bridgehead atoms. The van der Waals surface area contributed by atoms with Gasteiger partial charge in [0.05, 0.1) is 16.6 Å². The number of allylic oxidation sites excluding steroid dienone is 3. The third-order valence-corrected chi connectivity index (χ3v) is 2.68. The first-order valence-electron chi connectivity index (χ1n) is 6.06. The highest BCUT2D eigenvalue weighted by molar-refractivity contribution is 5.77. The Morgan fingerprint density at radius 3 is 2.89 bits per heavy atom. The van der Waals surface area contributed by atoms with Gasteiger partial charge in [0.15, 0.2) is 0 Å². The Morgan fingerprint density at radius 1 is 1.44 bits per heavy atom. The van der Waals surface area contributed by atoms with Gasteiger partial charge in [-0.15, -0.1) is 0 Å². The molecule has 0 unspecified atom stereocenters. The lowest BCUT2D eigenvalue weighted by atomic mass is 10.3. The van der Waals surface area contributed by atoms with Gasteiger partial charge in [-0.1, -0.05) is 31.2 Å². The van der Waals surface area contributed by atoms with Crippen LogP contribution >= 0.6 is 0 Å². The predicted octanol–water partition coefficient (Wildman–Crippen LogP) is 2.74. The number of nitrogens with one attached hydrogen (secondary N) is 2. The number of H-pyrrole nitrogens is 1. The number of aromatic amines is 1. The van der Waals surface area contributed by atoms with Crippen molar-refractivity contribution in [3.05, 3.63) is 58.5 Å². The van der Waals surface area contributed by atoms with Crippen molar-refractivity contribution >= 4 is 10.9 Å². The van der Waals surface area contributed by atoms with Crippen LogP contribution in [0.15, 0.2) is 53.0 Å². The van der Waals surface area contributed by atoms with Crippen LogP contribution in [0, 0.1) is 0 Å². The zero-order valence-corrected chi connectivity index (χ0v) is 10.6. The van der Waals surface area contributed by atoms with E-state index in [2.05, 4.69) is 17.4 Å². The Bertz CT molecular complexity index is 646. The molecule has 0 radical (unpaired) electrons. The number of para-hydroxylation sites is 1. The molecule has 0 atom stereocenters. The summed E-state index contributed by atoms with van der Waals surface area (Å²) in [6.07, 6.45) is 6.87. The van der Waals surface area contributed by atoms with Crippen LogP contribution in [-0.4, -0.2) is 9.89 Å². The Balaban J connectivity index is 2.35. The van der Waals surface area contributed by atoms with E-state index in [9.17, 15) is 4.79 Å². The zero-order chi connectivity index (χ0) is 13.0. The molecule has 2 aromatic rings. The molecule has 2 N–H and O–H groups in total. The van der Waals surface area contributed by atoms with E-state index in [1.54, 1.807) is 0 Å². The van der Waals surface area contributed by atoms with Gasteiger partial charge < -0.3 is 0 Å². The van der Waals surface area contributed by atoms with Crippen LogP contribution in [0.1, 0.15) is 20.3 Å². The second-order valence-corrected chi connectivity index (χ2v) is 3.96. The summed E-state index contributed by atoms with van der Waals surface area (Å²) in [6, 6.07) is 7.45. The smallest absolute Gasteiger partial charge is 0.277 e. The number of hydrogen-bond acceptors (Lipinski definition) is 2. The maximum Gasteiger partial charge on any atom is 0.293 e. The largest absolute Gasteiger partial charge is 0.293 e. The van der Waals surface area contributed by atoms with E-state index < -0.39 is 0 Å². The van der Waals surface area contributed by atoms with Gasteiger partial charge in [0.1, 0.15) is 0 Å². The van der Waals surface area contributed by atoms with Crippen molar-refractivity contribution in [1.29, 1.82) is 0 Å². The maximum atomic E-state index is 12.1. The Kier molecular flexibility index (Phi) is 3.67. The molecule has 2 rings (SSSR count). The lowest BCUT2D eigenvalue weighted by Crippen LogP contribution is -2.26. The van der Waals surface area contributed by atoms with Gasteiger partial charge in [-0.3, -0.25) is 15.3 Å². The number of nitrogens with zero attached hydrogens (tertiary/aromatic N) is 1. The molecule has 1 aromatic heterocycles. The minimum Gasteiger partial charge on any atom is -0.277 e. The summed E-state index contributed by atoms with van der Waals surface area (Å²) in [4.78, 5) is 13.5. The van der Waals surface area contributed by atoms with Crippen molar-refractivity contribution in [3.8, 4) is 0 Å². The van der Waals surface area contributed by atoms with Gasteiger partial charge in [0, 0.05) is 0 Å². The maximum absolute atomic E-state index is 12.1. The van der Waals surface area contributed by atoms with Gasteiger partial charge in [0.25, 0.3) is 5.56 Å². The summed E-state index contributed by atoms with van der Waals surface area (Å²) < 4.78 is 0. The number of aromatic nitrogens is 2. The summed E-state index contributed by atoms with van der Waals surface area (Å²) in [6.45, 7) is 3.99. The molecular formula is C14H17N3O. The molecule has 0 fully saturated rings. The summed E-state index contributed by atoms with van der Waals surface area (Å²) in [5.74, 6) is 0. The van der Waals surface area contributed by atoms with Crippen molar-refractivity contribution < 1.29 is 0 Å². The highest BCUT2D eigenvalue weighted by Crippen LogP contribution is 2.05. The molecule has 0 aliphatic carbocycles. The average molecular weight is 243 g/mol. The predicted molar refractivity (Wildman–Crippen MR) is 75.1 cm³/mol. The van der Waals surface area contributed by atoms with Crippen molar-refractivity contribution in [2.24, 2.45) is 0 Å². The van der Waals surface area contributed by atoms with Gasteiger partial charge >= 0.3 is 0 Å². The van der Waals surface area contributed by atoms with Crippen molar-refractivity contribution in [2.45, 2.75) is 20.3 Å². The van der Waals surface area contributed by atoms with Gasteiger partial charge in [-0.05, 0) is 31.6 Å². The Hall–Kier alpha value is -2.23. The first-order valence-corrected chi connectivity index (χ1v) is 6.06. The molecule has 0 amide bonds. The van der Waals surface area contributed by atoms with E-state index in [-0.39, 0.29) is 5.56 Å². The minimum atomic E-state index is -0.0742. The quantitative estimate of drug-likeness (QED) is 0.811. The zero-order valence-electron chi connectivity index (χ0n) is 10.6. The Morgan fingerprint density at radius 2 is 2.22 bits per heavy atom. The number of benzene rings is 1. The molecule has 0 saturated heterocycles. The number of rotatable bonds is 4. The van der Waals surface area contributed by atoms with E-state index in [1.807, 2.05) is 49.4 Å². The third kappa shape index (κ3) is 2.37. The van der Waals surface area contributed by atoms with E-state index in [0.29, 0.717) is 5.39 Å². The first kappa shape index (κ1) is 12.2. The molecule has 4 heteroatoms. The molecular weight excluding hydrogens is 226 g/mol. The summed E-state index contributed by atoms with van der Waals surface area (Å²) in [7, 11) is 0. The Labute approximate surface area is 106 Å².